The second kappa shape index (κ2) is 5.02. The lowest BCUT2D eigenvalue weighted by molar-refractivity contribution is 0.976. The molecule has 0 amide bonds. The summed E-state index contributed by atoms with van der Waals surface area (Å²) in [5, 5.41) is 0. The summed E-state index contributed by atoms with van der Waals surface area (Å²) in [5.41, 5.74) is 3.00. The Morgan fingerprint density at radius 2 is 1.95 bits per heavy atom. The van der Waals surface area contributed by atoms with Gasteiger partial charge in [-0.05, 0) is 13.0 Å². The van der Waals surface area contributed by atoms with E-state index >= 15 is 0 Å². The lowest BCUT2D eigenvalue weighted by atomic mass is 10.1. The van der Waals surface area contributed by atoms with E-state index in [4.69, 9.17) is 0 Å². The number of benzene rings is 1. The first kappa shape index (κ1) is 11.6. The lowest BCUT2D eigenvalue weighted by Gasteiger charge is -2.18. The zero-order chi connectivity index (χ0) is 13.1. The van der Waals surface area contributed by atoms with Gasteiger partial charge < -0.3 is 4.90 Å². The molecular weight excluding hydrogens is 236 g/mol. The zero-order valence-electron chi connectivity index (χ0n) is 10.7. The van der Waals surface area contributed by atoms with Gasteiger partial charge in [-0.1, -0.05) is 30.3 Å². The Labute approximate surface area is 112 Å². The normalized spacial score (nSPS) is 13.8. The van der Waals surface area contributed by atoms with Crippen LogP contribution in [-0.2, 0) is 0 Å². The van der Waals surface area contributed by atoms with Gasteiger partial charge in [-0.2, -0.15) is 0 Å². The Hall–Kier alpha value is -2.49. The maximum absolute atomic E-state index is 4.63. The number of hydrogen-bond acceptors (Lipinski definition) is 4. The average molecular weight is 250 g/mol. The van der Waals surface area contributed by atoms with Crippen LogP contribution in [0.2, 0.25) is 0 Å². The molecule has 0 radical (unpaired) electrons. The molecule has 1 aliphatic heterocycles. The molecule has 1 aromatic heterocycles. The van der Waals surface area contributed by atoms with E-state index in [0.717, 1.165) is 17.0 Å². The molecule has 0 fully saturated rings. The van der Waals surface area contributed by atoms with Crippen LogP contribution in [0.3, 0.4) is 0 Å². The molecular formula is C15H14N4. The first-order valence-corrected chi connectivity index (χ1v) is 6.19. The van der Waals surface area contributed by atoms with Crippen LogP contribution in [0.1, 0.15) is 5.69 Å². The van der Waals surface area contributed by atoms with E-state index < -0.39 is 0 Å². The van der Waals surface area contributed by atoms with Gasteiger partial charge in [0.15, 0.2) is 0 Å². The third-order valence-electron chi connectivity index (χ3n) is 2.89. The topological polar surface area (TPSA) is 41.4 Å². The summed E-state index contributed by atoms with van der Waals surface area (Å²) in [6.45, 7) is 2.69. The van der Waals surface area contributed by atoms with Crippen molar-refractivity contribution in [3.05, 3.63) is 54.5 Å². The van der Waals surface area contributed by atoms with Gasteiger partial charge in [-0.15, -0.1) is 0 Å². The smallest absolute Gasteiger partial charge is 0.230 e. The first-order chi connectivity index (χ1) is 9.33. The molecule has 1 aliphatic rings. The molecule has 3 rings (SSSR count). The van der Waals surface area contributed by atoms with Crippen LogP contribution in [0.4, 0.5) is 5.95 Å². The molecule has 0 atom stereocenters. The number of nitrogens with zero attached hydrogens (tertiary/aromatic N) is 4. The van der Waals surface area contributed by atoms with Gasteiger partial charge in [-0.3, -0.25) is 4.99 Å². The average Bonchev–Trinajstić information content (AvgIpc) is 2.48. The highest BCUT2D eigenvalue weighted by molar-refractivity contribution is 5.69. The molecule has 0 N–H and O–H groups in total. The van der Waals surface area contributed by atoms with Gasteiger partial charge >= 0.3 is 0 Å². The van der Waals surface area contributed by atoms with Crippen molar-refractivity contribution >= 4 is 12.2 Å². The van der Waals surface area contributed by atoms with Crippen molar-refractivity contribution in [1.29, 1.82) is 0 Å². The number of hydrogen-bond donors (Lipinski definition) is 0. The third kappa shape index (κ3) is 2.52. The molecule has 2 heterocycles. The van der Waals surface area contributed by atoms with E-state index in [0.29, 0.717) is 12.5 Å². The highest BCUT2D eigenvalue weighted by Gasteiger charge is 2.10. The van der Waals surface area contributed by atoms with Crippen LogP contribution in [0.5, 0.6) is 0 Å². The number of aryl methyl sites for hydroxylation is 1. The summed E-state index contributed by atoms with van der Waals surface area (Å²) >= 11 is 0. The van der Waals surface area contributed by atoms with Crippen LogP contribution in [0, 0.1) is 6.92 Å². The Morgan fingerprint density at radius 3 is 2.68 bits per heavy atom. The van der Waals surface area contributed by atoms with Gasteiger partial charge in [0.2, 0.25) is 5.95 Å². The summed E-state index contributed by atoms with van der Waals surface area (Å²) in [6.07, 6.45) is 5.48. The van der Waals surface area contributed by atoms with Crippen molar-refractivity contribution in [3.63, 3.8) is 0 Å². The fourth-order valence-corrected chi connectivity index (χ4v) is 1.96. The maximum atomic E-state index is 4.63. The summed E-state index contributed by atoms with van der Waals surface area (Å²) < 4.78 is 0. The molecule has 19 heavy (non-hydrogen) atoms. The number of rotatable bonds is 2. The van der Waals surface area contributed by atoms with Crippen molar-refractivity contribution < 1.29 is 0 Å². The molecule has 0 saturated heterocycles. The Kier molecular flexibility index (Phi) is 3.06. The predicted octanol–water partition coefficient (Wildman–Crippen LogP) is 2.81. The monoisotopic (exact) mass is 250 g/mol. The standard InChI is InChI=1S/C15H14N4/c1-12-11-14(13-5-3-2-4-6-13)18-15(17-12)19-9-7-16-8-10-19/h2-9,11H,10H2,1H3. The highest BCUT2D eigenvalue weighted by Crippen LogP contribution is 2.20. The third-order valence-corrected chi connectivity index (χ3v) is 2.89. The largest absolute Gasteiger partial charge is 0.310 e. The molecule has 0 bridgehead atoms. The summed E-state index contributed by atoms with van der Waals surface area (Å²) in [7, 11) is 0. The highest BCUT2D eigenvalue weighted by atomic mass is 15.2. The number of aromatic nitrogens is 2. The minimum Gasteiger partial charge on any atom is -0.310 e. The summed E-state index contributed by atoms with van der Waals surface area (Å²) in [4.78, 5) is 15.1. The van der Waals surface area contributed by atoms with Gasteiger partial charge in [-0.25, -0.2) is 9.97 Å². The van der Waals surface area contributed by atoms with Crippen LogP contribution >= 0.6 is 0 Å². The lowest BCUT2D eigenvalue weighted by Crippen LogP contribution is -2.23. The molecule has 2 aromatic rings. The van der Waals surface area contributed by atoms with Crippen molar-refractivity contribution in [2.45, 2.75) is 6.92 Å². The van der Waals surface area contributed by atoms with Gasteiger partial charge in [0.1, 0.15) is 0 Å². The van der Waals surface area contributed by atoms with E-state index in [2.05, 4.69) is 27.1 Å². The Bertz CT molecular complexity index is 632. The van der Waals surface area contributed by atoms with E-state index in [-0.39, 0.29) is 0 Å². The summed E-state index contributed by atoms with van der Waals surface area (Å²) in [5.74, 6) is 0.709. The van der Waals surface area contributed by atoms with Crippen molar-refractivity contribution in [2.24, 2.45) is 4.99 Å². The fraction of sp³-hybridized carbons (Fsp3) is 0.133. The van der Waals surface area contributed by atoms with Crippen LogP contribution in [0.25, 0.3) is 11.3 Å². The van der Waals surface area contributed by atoms with Crippen molar-refractivity contribution in [1.82, 2.24) is 9.97 Å². The molecule has 4 nitrogen and oxygen atoms in total. The molecule has 1 aromatic carbocycles. The van der Waals surface area contributed by atoms with Crippen LogP contribution in [-0.4, -0.2) is 22.7 Å². The van der Waals surface area contributed by atoms with E-state index in [1.807, 2.05) is 48.5 Å². The van der Waals surface area contributed by atoms with Crippen LogP contribution < -0.4 is 4.90 Å². The van der Waals surface area contributed by atoms with E-state index in [1.54, 1.807) is 6.20 Å². The molecule has 4 heteroatoms. The minimum absolute atomic E-state index is 0.703. The van der Waals surface area contributed by atoms with Gasteiger partial charge in [0.05, 0.1) is 12.2 Å². The molecule has 0 saturated carbocycles. The number of aliphatic imine (C=N–C) groups is 1. The number of anilines is 1. The van der Waals surface area contributed by atoms with Crippen LogP contribution in [0.15, 0.2) is 53.8 Å². The second-order valence-electron chi connectivity index (χ2n) is 4.34. The minimum atomic E-state index is 0.703. The zero-order valence-corrected chi connectivity index (χ0v) is 10.7. The first-order valence-electron chi connectivity index (χ1n) is 6.19. The predicted molar refractivity (Wildman–Crippen MR) is 77.2 cm³/mol. The van der Waals surface area contributed by atoms with E-state index in [9.17, 15) is 0 Å². The second-order valence-corrected chi connectivity index (χ2v) is 4.34. The Morgan fingerprint density at radius 1 is 1.11 bits per heavy atom. The Balaban J connectivity index is 2.01. The van der Waals surface area contributed by atoms with E-state index in [1.165, 1.54) is 0 Å². The molecule has 0 aliphatic carbocycles. The van der Waals surface area contributed by atoms with Crippen molar-refractivity contribution in [2.75, 3.05) is 11.4 Å². The van der Waals surface area contributed by atoms with Gasteiger partial charge in [0, 0.05) is 29.9 Å². The maximum Gasteiger partial charge on any atom is 0.230 e. The SMILES string of the molecule is Cc1cc(-c2ccccc2)nc(N2C=CN=CC2)n1. The van der Waals surface area contributed by atoms with Crippen molar-refractivity contribution in [3.8, 4) is 11.3 Å². The molecule has 94 valence electrons. The summed E-state index contributed by atoms with van der Waals surface area (Å²) in [6, 6.07) is 12.1. The quantitative estimate of drug-likeness (QED) is 0.823. The molecule has 0 spiro atoms. The molecule has 0 unspecified atom stereocenters. The van der Waals surface area contributed by atoms with Gasteiger partial charge in [0.25, 0.3) is 0 Å². The fourth-order valence-electron chi connectivity index (χ4n) is 1.96.